The van der Waals surface area contributed by atoms with E-state index in [9.17, 15) is 15.2 Å². The van der Waals surface area contributed by atoms with E-state index in [2.05, 4.69) is 0 Å². The van der Waals surface area contributed by atoms with Gasteiger partial charge in [0.25, 0.3) is 0 Å². The van der Waals surface area contributed by atoms with Gasteiger partial charge in [0.05, 0.1) is 18.1 Å². The number of hydrogen-bond acceptors (Lipinski definition) is 6. The Morgan fingerprint density at radius 1 is 1.48 bits per heavy atom. The van der Waals surface area contributed by atoms with Gasteiger partial charge >= 0.3 is 5.97 Å². The molecule has 1 aliphatic heterocycles. The van der Waals surface area contributed by atoms with Crippen LogP contribution in [0, 0.1) is 18.3 Å². The van der Waals surface area contributed by atoms with Crippen molar-refractivity contribution in [3.63, 3.8) is 0 Å². The minimum Gasteiger partial charge on any atom is -0.508 e. The van der Waals surface area contributed by atoms with Crippen molar-refractivity contribution in [1.29, 1.82) is 5.26 Å². The van der Waals surface area contributed by atoms with Crippen LogP contribution >= 0.6 is 0 Å². The summed E-state index contributed by atoms with van der Waals surface area (Å²) in [5.41, 5.74) is 7.38. The number of nitrogens with two attached hydrogens (primary N) is 1. The lowest BCUT2D eigenvalue weighted by Crippen LogP contribution is -2.25. The fraction of sp³-hybridized carbons (Fsp3) is 0.294. The molecule has 6 nitrogen and oxygen atoms in total. The first-order valence-corrected chi connectivity index (χ1v) is 7.15. The Bertz CT molecular complexity index is 756. The number of phenolic OH excluding ortho intramolecular Hbond substituents is 1. The summed E-state index contributed by atoms with van der Waals surface area (Å²) in [6.07, 6.45) is 0. The van der Waals surface area contributed by atoms with Gasteiger partial charge in [-0.25, -0.2) is 4.79 Å². The summed E-state index contributed by atoms with van der Waals surface area (Å²) < 4.78 is 10.4. The highest BCUT2D eigenvalue weighted by atomic mass is 16.5. The smallest absolute Gasteiger partial charge is 0.338 e. The molecule has 1 aliphatic rings. The van der Waals surface area contributed by atoms with Gasteiger partial charge in [-0.1, -0.05) is 12.1 Å². The van der Waals surface area contributed by atoms with E-state index in [4.69, 9.17) is 15.2 Å². The van der Waals surface area contributed by atoms with Gasteiger partial charge < -0.3 is 20.3 Å². The monoisotopic (exact) mass is 314 g/mol. The predicted molar refractivity (Wildman–Crippen MR) is 82.8 cm³/mol. The topological polar surface area (TPSA) is 106 Å². The molecule has 120 valence electrons. The fourth-order valence-corrected chi connectivity index (χ4v) is 2.49. The molecule has 1 aromatic rings. The Hall–Kier alpha value is -2.94. The number of carbonyl (C=O) groups excluding carboxylic acids is 1. The van der Waals surface area contributed by atoms with E-state index in [0.717, 1.165) is 0 Å². The maximum absolute atomic E-state index is 12.3. The Kier molecular flexibility index (Phi) is 4.60. The molecule has 1 heterocycles. The highest BCUT2D eigenvalue weighted by Crippen LogP contribution is 2.40. The highest BCUT2D eigenvalue weighted by Gasteiger charge is 2.36. The van der Waals surface area contributed by atoms with E-state index >= 15 is 0 Å². The molecule has 0 bridgehead atoms. The van der Waals surface area contributed by atoms with E-state index in [1.807, 2.05) is 6.07 Å². The van der Waals surface area contributed by atoms with Gasteiger partial charge in [0.15, 0.2) is 0 Å². The lowest BCUT2D eigenvalue weighted by molar-refractivity contribution is -0.139. The summed E-state index contributed by atoms with van der Waals surface area (Å²) in [5, 5.41) is 19.4. The minimum absolute atomic E-state index is 0.0527. The Morgan fingerprint density at radius 3 is 2.74 bits per heavy atom. The molecule has 6 heteroatoms. The number of phenols is 1. The lowest BCUT2D eigenvalue weighted by atomic mass is 9.82. The van der Waals surface area contributed by atoms with E-state index in [1.165, 1.54) is 6.07 Å². The molecule has 1 aromatic carbocycles. The van der Waals surface area contributed by atoms with Crippen LogP contribution in [0.3, 0.4) is 0 Å². The van der Waals surface area contributed by atoms with Gasteiger partial charge in [0, 0.05) is 0 Å². The summed E-state index contributed by atoms with van der Waals surface area (Å²) in [7, 11) is 0. The largest absolute Gasteiger partial charge is 0.508 e. The lowest BCUT2D eigenvalue weighted by Gasteiger charge is -2.27. The molecule has 0 saturated heterocycles. The van der Waals surface area contributed by atoms with Crippen molar-refractivity contribution in [1.82, 2.24) is 0 Å². The molecule has 23 heavy (non-hydrogen) atoms. The summed E-state index contributed by atoms with van der Waals surface area (Å²) in [5.74, 6) is -1.01. The molecule has 0 aromatic heterocycles. The molecule has 0 aliphatic carbocycles. The minimum atomic E-state index is -0.737. The van der Waals surface area contributed by atoms with Gasteiger partial charge in [-0.05, 0) is 38.0 Å². The molecule has 1 atom stereocenters. The van der Waals surface area contributed by atoms with Gasteiger partial charge in [-0.3, -0.25) is 0 Å². The molecule has 0 amide bonds. The normalized spacial score (nSPS) is 17.6. The zero-order valence-corrected chi connectivity index (χ0v) is 13.2. The third-order valence-corrected chi connectivity index (χ3v) is 3.67. The number of hydrogen-bond donors (Lipinski definition) is 2. The third kappa shape index (κ3) is 2.99. The molecule has 1 unspecified atom stereocenters. The quantitative estimate of drug-likeness (QED) is 0.830. The fourth-order valence-electron chi connectivity index (χ4n) is 2.49. The summed E-state index contributed by atoms with van der Waals surface area (Å²) in [6.45, 7) is 5.24. The van der Waals surface area contributed by atoms with E-state index < -0.39 is 11.9 Å². The number of rotatable bonds is 3. The summed E-state index contributed by atoms with van der Waals surface area (Å²) in [4.78, 5) is 12.3. The number of nitriles is 1. The van der Waals surface area contributed by atoms with Crippen molar-refractivity contribution < 1.29 is 19.4 Å². The summed E-state index contributed by atoms with van der Waals surface area (Å²) >= 11 is 0. The number of benzene rings is 1. The number of carbonyl (C=O) groups is 1. The number of esters is 1. The van der Waals surface area contributed by atoms with Crippen LogP contribution in [-0.2, 0) is 14.3 Å². The second-order valence-electron chi connectivity index (χ2n) is 5.16. The van der Waals surface area contributed by atoms with Gasteiger partial charge in [0.2, 0.25) is 5.88 Å². The SMILES string of the molecule is CCOC(=O)C1=C(C)OC(N)=C(C#N)C1c1ccc(C)c(O)c1. The van der Waals surface area contributed by atoms with E-state index in [-0.39, 0.29) is 35.1 Å². The number of aromatic hydroxyl groups is 1. The van der Waals surface area contributed by atoms with E-state index in [0.29, 0.717) is 11.1 Å². The van der Waals surface area contributed by atoms with Crippen molar-refractivity contribution in [2.75, 3.05) is 6.61 Å². The second kappa shape index (κ2) is 6.44. The van der Waals surface area contributed by atoms with Crippen LogP contribution in [0.15, 0.2) is 41.0 Å². The third-order valence-electron chi connectivity index (χ3n) is 3.67. The Labute approximate surface area is 134 Å². The van der Waals surface area contributed by atoms with Crippen LogP contribution in [0.5, 0.6) is 5.75 Å². The van der Waals surface area contributed by atoms with Crippen LogP contribution < -0.4 is 5.73 Å². The molecule has 0 radical (unpaired) electrons. The molecule has 0 saturated carbocycles. The summed E-state index contributed by atoms with van der Waals surface area (Å²) in [6, 6.07) is 6.96. The predicted octanol–water partition coefficient (Wildman–Crippen LogP) is 2.35. The van der Waals surface area contributed by atoms with Crippen molar-refractivity contribution in [3.05, 3.63) is 52.1 Å². The average molecular weight is 314 g/mol. The Morgan fingerprint density at radius 2 is 2.17 bits per heavy atom. The van der Waals surface area contributed by atoms with Crippen LogP contribution in [0.25, 0.3) is 0 Å². The number of ether oxygens (including phenoxy) is 2. The Balaban J connectivity index is 2.64. The van der Waals surface area contributed by atoms with Gasteiger partial charge in [-0.15, -0.1) is 0 Å². The molecule has 0 spiro atoms. The zero-order valence-electron chi connectivity index (χ0n) is 13.2. The first-order chi connectivity index (χ1) is 10.9. The van der Waals surface area contributed by atoms with E-state index in [1.54, 1.807) is 32.9 Å². The number of nitrogens with zero attached hydrogens (tertiary/aromatic N) is 1. The van der Waals surface area contributed by atoms with Crippen LogP contribution in [-0.4, -0.2) is 17.7 Å². The molecular formula is C17H18N2O4. The van der Waals surface area contributed by atoms with Crippen LogP contribution in [0.2, 0.25) is 0 Å². The second-order valence-corrected chi connectivity index (χ2v) is 5.16. The maximum Gasteiger partial charge on any atom is 0.338 e. The van der Waals surface area contributed by atoms with Gasteiger partial charge in [-0.2, -0.15) is 5.26 Å². The van der Waals surface area contributed by atoms with Gasteiger partial charge in [0.1, 0.15) is 23.2 Å². The molecular weight excluding hydrogens is 296 g/mol. The van der Waals surface area contributed by atoms with Crippen LogP contribution in [0.4, 0.5) is 0 Å². The molecule has 2 rings (SSSR count). The average Bonchev–Trinajstić information content (AvgIpc) is 2.49. The van der Waals surface area contributed by atoms with Crippen molar-refractivity contribution in [2.24, 2.45) is 5.73 Å². The number of aryl methyl sites for hydroxylation is 1. The maximum atomic E-state index is 12.3. The highest BCUT2D eigenvalue weighted by molar-refractivity contribution is 5.92. The first kappa shape index (κ1) is 16.4. The van der Waals surface area contributed by atoms with Crippen LogP contribution in [0.1, 0.15) is 30.9 Å². The number of allylic oxidation sites excluding steroid dienone is 2. The van der Waals surface area contributed by atoms with Crippen molar-refractivity contribution in [2.45, 2.75) is 26.7 Å². The standard InChI is InChI=1S/C17H18N2O4/c1-4-22-17(21)14-10(3)23-16(19)12(8-18)15(14)11-6-5-9(2)13(20)7-11/h5-7,15,20H,4,19H2,1-3H3. The molecule has 0 fully saturated rings. The first-order valence-electron chi connectivity index (χ1n) is 7.15. The van der Waals surface area contributed by atoms with Crippen molar-refractivity contribution >= 4 is 5.97 Å². The van der Waals surface area contributed by atoms with Crippen molar-refractivity contribution in [3.8, 4) is 11.8 Å². The zero-order chi connectivity index (χ0) is 17.1. The molecule has 3 N–H and O–H groups in total.